The van der Waals surface area contributed by atoms with E-state index in [-0.39, 0.29) is 4.90 Å². The van der Waals surface area contributed by atoms with Gasteiger partial charge in [-0.15, -0.1) is 0 Å². The van der Waals surface area contributed by atoms with Crippen LogP contribution in [0.1, 0.15) is 0 Å². The zero-order chi connectivity index (χ0) is 17.9. The maximum Gasteiger partial charge on any atom is 0.294 e. The van der Waals surface area contributed by atoms with Gasteiger partial charge in [0.05, 0.1) is 12.0 Å². The van der Waals surface area contributed by atoms with Crippen molar-refractivity contribution in [1.82, 2.24) is 0 Å². The fraction of sp³-hybridized carbons (Fsp3) is 0.0526. The first-order valence-electron chi connectivity index (χ1n) is 7.56. The molecule has 0 aliphatic carbocycles. The van der Waals surface area contributed by atoms with Gasteiger partial charge in [-0.1, -0.05) is 60.7 Å². The summed E-state index contributed by atoms with van der Waals surface area (Å²) in [6.45, 7) is 0. The highest BCUT2D eigenvalue weighted by molar-refractivity contribution is 7.86. The Labute approximate surface area is 148 Å². The molecule has 25 heavy (non-hydrogen) atoms. The van der Waals surface area contributed by atoms with Crippen molar-refractivity contribution in [3.63, 3.8) is 0 Å². The average Bonchev–Trinajstić information content (AvgIpc) is 2.63. The van der Waals surface area contributed by atoms with Crippen LogP contribution in [-0.2, 0) is 10.1 Å². The minimum absolute atomic E-state index is 0.136. The molecule has 3 aromatic carbocycles. The molecule has 0 heterocycles. The molecule has 3 aromatic rings. The van der Waals surface area contributed by atoms with Gasteiger partial charge >= 0.3 is 0 Å². The van der Waals surface area contributed by atoms with Crippen LogP contribution in [-0.4, -0.2) is 20.1 Å². The summed E-state index contributed by atoms with van der Waals surface area (Å²) in [4.78, 5) is -0.136. The lowest BCUT2D eigenvalue weighted by Gasteiger charge is -2.22. The SMILES string of the molecule is COc1ccc(S(=O)(=O)O)cc1P(c1ccccc1)c1ccccc1. The van der Waals surface area contributed by atoms with E-state index in [1.165, 1.54) is 12.1 Å². The predicted octanol–water partition coefficient (Wildman–Crippen LogP) is 2.70. The zero-order valence-electron chi connectivity index (χ0n) is 13.5. The first-order chi connectivity index (χ1) is 12.0. The normalized spacial score (nSPS) is 11.5. The minimum atomic E-state index is -4.29. The monoisotopic (exact) mass is 372 g/mol. The Hall–Kier alpha value is -2.20. The number of ether oxygens (including phenoxy) is 1. The van der Waals surface area contributed by atoms with Gasteiger partial charge in [-0.25, -0.2) is 0 Å². The fourth-order valence-electron chi connectivity index (χ4n) is 2.59. The van der Waals surface area contributed by atoms with Crippen LogP contribution in [0.5, 0.6) is 5.75 Å². The Bertz CT molecular complexity index is 918. The van der Waals surface area contributed by atoms with Gasteiger partial charge in [0, 0.05) is 5.30 Å². The van der Waals surface area contributed by atoms with Crippen LogP contribution in [0, 0.1) is 0 Å². The Morgan fingerprint density at radius 2 is 1.36 bits per heavy atom. The van der Waals surface area contributed by atoms with Crippen molar-refractivity contribution in [1.29, 1.82) is 0 Å². The summed E-state index contributed by atoms with van der Waals surface area (Å²) in [5, 5.41) is 2.87. The largest absolute Gasteiger partial charge is 0.496 e. The van der Waals surface area contributed by atoms with Crippen molar-refractivity contribution in [3.8, 4) is 5.75 Å². The van der Waals surface area contributed by atoms with Crippen molar-refractivity contribution in [2.75, 3.05) is 7.11 Å². The second-order valence-electron chi connectivity index (χ2n) is 5.32. The summed E-state index contributed by atoms with van der Waals surface area (Å²) in [5.41, 5.74) is 0. The van der Waals surface area contributed by atoms with Crippen molar-refractivity contribution >= 4 is 34.0 Å². The van der Waals surface area contributed by atoms with Gasteiger partial charge in [-0.05, 0) is 36.7 Å². The summed E-state index contributed by atoms with van der Waals surface area (Å²) >= 11 is 0. The van der Waals surface area contributed by atoms with Crippen molar-refractivity contribution in [2.45, 2.75) is 4.90 Å². The maximum atomic E-state index is 11.6. The van der Waals surface area contributed by atoms with E-state index < -0.39 is 18.0 Å². The van der Waals surface area contributed by atoms with E-state index in [0.29, 0.717) is 5.75 Å². The summed E-state index contributed by atoms with van der Waals surface area (Å²) in [7, 11) is -3.78. The van der Waals surface area contributed by atoms with Gasteiger partial charge in [-0.3, -0.25) is 4.55 Å². The first kappa shape index (κ1) is 17.6. The van der Waals surface area contributed by atoms with Gasteiger partial charge in [0.15, 0.2) is 0 Å². The highest BCUT2D eigenvalue weighted by atomic mass is 32.2. The number of benzene rings is 3. The molecule has 0 fully saturated rings. The molecule has 0 atom stereocenters. The number of rotatable bonds is 5. The van der Waals surface area contributed by atoms with Crippen LogP contribution >= 0.6 is 7.92 Å². The van der Waals surface area contributed by atoms with Gasteiger partial charge in [0.25, 0.3) is 10.1 Å². The van der Waals surface area contributed by atoms with Crippen LogP contribution in [0.15, 0.2) is 83.8 Å². The highest BCUT2D eigenvalue weighted by Crippen LogP contribution is 2.37. The number of hydrogen-bond donors (Lipinski definition) is 1. The molecule has 0 radical (unpaired) electrons. The highest BCUT2D eigenvalue weighted by Gasteiger charge is 2.22. The summed E-state index contributed by atoms with van der Waals surface area (Å²) in [5.74, 6) is 0.589. The quantitative estimate of drug-likeness (QED) is 0.553. The molecule has 1 N–H and O–H groups in total. The van der Waals surface area contributed by atoms with Gasteiger partial charge in [0.2, 0.25) is 0 Å². The third-order valence-corrected chi connectivity index (χ3v) is 7.03. The van der Waals surface area contributed by atoms with Crippen LogP contribution in [0.2, 0.25) is 0 Å². The van der Waals surface area contributed by atoms with Crippen molar-refractivity contribution in [3.05, 3.63) is 78.9 Å². The minimum Gasteiger partial charge on any atom is -0.496 e. The van der Waals surface area contributed by atoms with E-state index in [9.17, 15) is 13.0 Å². The van der Waals surface area contributed by atoms with E-state index in [1.54, 1.807) is 13.2 Å². The van der Waals surface area contributed by atoms with Crippen molar-refractivity contribution in [2.24, 2.45) is 0 Å². The molecule has 0 bridgehead atoms. The molecule has 0 saturated carbocycles. The Morgan fingerprint density at radius 1 is 0.840 bits per heavy atom. The van der Waals surface area contributed by atoms with Gasteiger partial charge in [0.1, 0.15) is 5.75 Å². The van der Waals surface area contributed by atoms with Crippen LogP contribution in [0.3, 0.4) is 0 Å². The molecule has 0 aliphatic rings. The van der Waals surface area contributed by atoms with E-state index in [4.69, 9.17) is 4.74 Å². The average molecular weight is 372 g/mol. The molecule has 6 heteroatoms. The maximum absolute atomic E-state index is 11.6. The van der Waals surface area contributed by atoms with E-state index in [1.807, 2.05) is 60.7 Å². The lowest BCUT2D eigenvalue weighted by Crippen LogP contribution is -2.22. The van der Waals surface area contributed by atoms with Gasteiger partial charge < -0.3 is 4.74 Å². The lowest BCUT2D eigenvalue weighted by molar-refractivity contribution is 0.418. The molecule has 0 spiro atoms. The zero-order valence-corrected chi connectivity index (χ0v) is 15.2. The smallest absolute Gasteiger partial charge is 0.294 e. The fourth-order valence-corrected chi connectivity index (χ4v) is 5.63. The molecule has 0 aliphatic heterocycles. The molecule has 0 saturated heterocycles. The molecule has 3 rings (SSSR count). The van der Waals surface area contributed by atoms with Crippen molar-refractivity contribution < 1.29 is 17.7 Å². The Morgan fingerprint density at radius 3 is 1.80 bits per heavy atom. The predicted molar refractivity (Wildman–Crippen MR) is 102 cm³/mol. The van der Waals surface area contributed by atoms with E-state index in [2.05, 4.69) is 0 Å². The third kappa shape index (κ3) is 3.90. The molecule has 4 nitrogen and oxygen atoms in total. The molecular formula is C19H17O4PS. The summed E-state index contributed by atoms with van der Waals surface area (Å²) in [6.07, 6.45) is 0. The second kappa shape index (κ2) is 7.36. The topological polar surface area (TPSA) is 63.6 Å². The Kier molecular flexibility index (Phi) is 5.19. The lowest BCUT2D eigenvalue weighted by atomic mass is 10.3. The number of methoxy groups -OCH3 is 1. The molecule has 0 aromatic heterocycles. The van der Waals surface area contributed by atoms with Gasteiger partial charge in [-0.2, -0.15) is 8.42 Å². The van der Waals surface area contributed by atoms with E-state index in [0.717, 1.165) is 15.9 Å². The molecule has 0 unspecified atom stereocenters. The van der Waals surface area contributed by atoms with Crippen LogP contribution < -0.4 is 20.7 Å². The van der Waals surface area contributed by atoms with Crippen LogP contribution in [0.4, 0.5) is 0 Å². The third-order valence-electron chi connectivity index (χ3n) is 3.72. The van der Waals surface area contributed by atoms with E-state index >= 15 is 0 Å². The molecule has 0 amide bonds. The number of hydrogen-bond acceptors (Lipinski definition) is 3. The standard InChI is InChI=1S/C19H17O4PS/c1-23-18-13-12-17(25(20,21)22)14-19(18)24(15-8-4-2-5-9-15)16-10-6-3-7-11-16/h2-14H,1H3,(H,20,21,22). The molecule has 128 valence electrons. The first-order valence-corrected chi connectivity index (χ1v) is 10.3. The Balaban J connectivity index is 2.27. The molecular weight excluding hydrogens is 355 g/mol. The second-order valence-corrected chi connectivity index (χ2v) is 8.92. The summed E-state index contributed by atoms with van der Waals surface area (Å²) < 4.78 is 38.1. The summed E-state index contributed by atoms with van der Waals surface area (Å²) in [6, 6.07) is 24.2. The van der Waals surface area contributed by atoms with Crippen LogP contribution in [0.25, 0.3) is 0 Å².